The number of likely N-dealkylation sites (tertiary alicyclic amines) is 1. The van der Waals surface area contributed by atoms with Crippen LogP contribution in [0.15, 0.2) is 18.2 Å². The van der Waals surface area contributed by atoms with Gasteiger partial charge in [-0.1, -0.05) is 0 Å². The normalized spacial score (nSPS) is 24.6. The summed E-state index contributed by atoms with van der Waals surface area (Å²) in [7, 11) is 3.78. The third kappa shape index (κ3) is 2.15. The van der Waals surface area contributed by atoms with Crippen molar-refractivity contribution in [1.29, 1.82) is 0 Å². The molecule has 1 aromatic heterocycles. The van der Waals surface area contributed by atoms with Crippen molar-refractivity contribution >= 4 is 16.8 Å². The number of rotatable bonds is 3. The van der Waals surface area contributed by atoms with Crippen molar-refractivity contribution in [3.63, 3.8) is 0 Å². The fraction of sp³-hybridized carbons (Fsp3) is 0.550. The molecule has 1 aliphatic carbocycles. The SMILES string of the molecule is COc1ccc2c3c([nH]c2c1)[C@H](CO)N(C(=O)C1CC1)CC31CN(C)C1. The summed E-state index contributed by atoms with van der Waals surface area (Å²) in [5.74, 6) is 1.17. The number of nitrogens with zero attached hydrogens (tertiary/aromatic N) is 2. The molecular formula is C20H25N3O3. The van der Waals surface area contributed by atoms with Gasteiger partial charge in [-0.05, 0) is 37.6 Å². The predicted octanol–water partition coefficient (Wildman–Crippen LogP) is 1.65. The van der Waals surface area contributed by atoms with E-state index in [-0.39, 0.29) is 29.9 Å². The van der Waals surface area contributed by atoms with Crippen LogP contribution in [0.25, 0.3) is 10.9 Å². The van der Waals surface area contributed by atoms with Crippen molar-refractivity contribution in [1.82, 2.24) is 14.8 Å². The highest BCUT2D eigenvalue weighted by Gasteiger charge is 2.53. The summed E-state index contributed by atoms with van der Waals surface area (Å²) in [6, 6.07) is 5.82. The molecule has 0 unspecified atom stereocenters. The summed E-state index contributed by atoms with van der Waals surface area (Å²) in [6.45, 7) is 2.52. The first-order chi connectivity index (χ1) is 12.6. The number of carbonyl (C=O) groups is 1. The minimum absolute atomic E-state index is 0.0485. The highest BCUT2D eigenvalue weighted by molar-refractivity contribution is 5.89. The van der Waals surface area contributed by atoms with Crippen LogP contribution in [-0.4, -0.2) is 66.2 Å². The molecule has 1 saturated heterocycles. The van der Waals surface area contributed by atoms with E-state index in [0.717, 1.165) is 42.9 Å². The predicted molar refractivity (Wildman–Crippen MR) is 98.3 cm³/mol. The zero-order chi connectivity index (χ0) is 18.1. The summed E-state index contributed by atoms with van der Waals surface area (Å²) in [6.07, 6.45) is 1.97. The Hall–Kier alpha value is -2.05. The summed E-state index contributed by atoms with van der Waals surface area (Å²) < 4.78 is 5.37. The second-order valence-corrected chi connectivity index (χ2v) is 8.22. The quantitative estimate of drug-likeness (QED) is 0.878. The number of ether oxygens (including phenoxy) is 1. The summed E-state index contributed by atoms with van der Waals surface area (Å²) >= 11 is 0. The van der Waals surface area contributed by atoms with E-state index in [2.05, 4.69) is 23.0 Å². The van der Waals surface area contributed by atoms with Crippen molar-refractivity contribution in [2.75, 3.05) is 40.4 Å². The van der Waals surface area contributed by atoms with Gasteiger partial charge in [0, 0.05) is 53.6 Å². The van der Waals surface area contributed by atoms with Gasteiger partial charge in [0.15, 0.2) is 0 Å². The maximum atomic E-state index is 12.9. The number of methoxy groups -OCH3 is 1. The van der Waals surface area contributed by atoms with Crippen LogP contribution in [0, 0.1) is 5.92 Å². The molecule has 26 heavy (non-hydrogen) atoms. The lowest BCUT2D eigenvalue weighted by Crippen LogP contribution is -2.66. The van der Waals surface area contributed by atoms with Crippen LogP contribution in [0.4, 0.5) is 0 Å². The standard InChI is InChI=1S/C20H25N3O3/c1-22-9-20(10-22)11-23(19(25)12-3-4-12)16(8-24)18-17(20)14-6-5-13(26-2)7-15(14)21-18/h5-7,12,16,21,24H,3-4,8-11H2,1-2H3/t16-/m0/s1. The number of benzene rings is 1. The lowest BCUT2D eigenvalue weighted by Gasteiger charge is -2.55. The van der Waals surface area contributed by atoms with Crippen molar-refractivity contribution in [3.05, 3.63) is 29.5 Å². The molecule has 1 aromatic carbocycles. The Kier molecular flexibility index (Phi) is 3.40. The Balaban J connectivity index is 1.68. The topological polar surface area (TPSA) is 68.8 Å². The Morgan fingerprint density at radius 3 is 2.73 bits per heavy atom. The molecule has 2 aliphatic heterocycles. The molecular weight excluding hydrogens is 330 g/mol. The number of aromatic nitrogens is 1. The van der Waals surface area contributed by atoms with Crippen LogP contribution in [0.2, 0.25) is 0 Å². The van der Waals surface area contributed by atoms with Gasteiger partial charge in [-0.15, -0.1) is 0 Å². The van der Waals surface area contributed by atoms with Gasteiger partial charge in [0.05, 0.1) is 19.8 Å². The van der Waals surface area contributed by atoms with E-state index >= 15 is 0 Å². The maximum absolute atomic E-state index is 12.9. The largest absolute Gasteiger partial charge is 0.497 e. The first-order valence-corrected chi connectivity index (χ1v) is 9.36. The van der Waals surface area contributed by atoms with Gasteiger partial charge in [-0.25, -0.2) is 0 Å². The number of aliphatic hydroxyl groups excluding tert-OH is 1. The molecule has 0 radical (unpaired) electrons. The van der Waals surface area contributed by atoms with E-state index in [0.29, 0.717) is 6.54 Å². The molecule has 1 spiro atoms. The molecule has 0 bridgehead atoms. The molecule has 1 amide bonds. The lowest BCUT2D eigenvalue weighted by atomic mass is 9.69. The molecule has 6 nitrogen and oxygen atoms in total. The van der Waals surface area contributed by atoms with Crippen molar-refractivity contribution < 1.29 is 14.6 Å². The average molecular weight is 355 g/mol. The monoisotopic (exact) mass is 355 g/mol. The number of hydrogen-bond donors (Lipinski definition) is 2. The number of amides is 1. The van der Waals surface area contributed by atoms with E-state index in [4.69, 9.17) is 4.74 Å². The minimum Gasteiger partial charge on any atom is -0.497 e. The van der Waals surface area contributed by atoms with Gasteiger partial charge in [0.1, 0.15) is 5.75 Å². The summed E-state index contributed by atoms with van der Waals surface area (Å²) in [5, 5.41) is 11.3. The maximum Gasteiger partial charge on any atom is 0.226 e. The molecule has 1 saturated carbocycles. The average Bonchev–Trinajstić information content (AvgIpc) is 3.39. The van der Waals surface area contributed by atoms with Crippen LogP contribution in [0.1, 0.15) is 30.1 Å². The molecule has 138 valence electrons. The first kappa shape index (κ1) is 16.1. The van der Waals surface area contributed by atoms with Gasteiger partial charge >= 0.3 is 0 Å². The molecule has 2 N–H and O–H groups in total. The zero-order valence-electron chi connectivity index (χ0n) is 15.3. The minimum atomic E-state index is -0.284. The molecule has 3 heterocycles. The Labute approximate surface area is 152 Å². The summed E-state index contributed by atoms with van der Waals surface area (Å²) in [4.78, 5) is 20.7. The fourth-order valence-corrected chi connectivity index (χ4v) is 5.05. The number of nitrogens with one attached hydrogen (secondary N) is 1. The number of fused-ring (bicyclic) bond motifs is 4. The second-order valence-electron chi connectivity index (χ2n) is 8.22. The van der Waals surface area contributed by atoms with E-state index in [1.165, 1.54) is 10.9 Å². The third-order valence-corrected chi connectivity index (χ3v) is 6.28. The van der Waals surface area contributed by atoms with Crippen molar-refractivity contribution in [2.24, 2.45) is 5.92 Å². The first-order valence-electron chi connectivity index (χ1n) is 9.36. The number of aromatic amines is 1. The number of hydrogen-bond acceptors (Lipinski definition) is 4. The van der Waals surface area contributed by atoms with Crippen LogP contribution >= 0.6 is 0 Å². The highest BCUT2D eigenvalue weighted by atomic mass is 16.5. The van der Waals surface area contributed by atoms with Gasteiger partial charge < -0.3 is 24.6 Å². The number of likely N-dealkylation sites (N-methyl/N-ethyl adjacent to an activating group) is 1. The Morgan fingerprint density at radius 2 is 2.12 bits per heavy atom. The summed E-state index contributed by atoms with van der Waals surface area (Å²) in [5.41, 5.74) is 3.26. The molecule has 2 fully saturated rings. The third-order valence-electron chi connectivity index (χ3n) is 6.28. The number of aliphatic hydroxyl groups is 1. The molecule has 1 atom stereocenters. The van der Waals surface area contributed by atoms with Crippen LogP contribution in [0.3, 0.4) is 0 Å². The van der Waals surface area contributed by atoms with Gasteiger partial charge in [-0.3, -0.25) is 4.79 Å². The fourth-order valence-electron chi connectivity index (χ4n) is 5.05. The number of carbonyl (C=O) groups excluding carboxylic acids is 1. The van der Waals surface area contributed by atoms with Crippen molar-refractivity contribution in [2.45, 2.75) is 24.3 Å². The molecule has 5 rings (SSSR count). The van der Waals surface area contributed by atoms with Gasteiger partial charge in [0.25, 0.3) is 0 Å². The zero-order valence-corrected chi connectivity index (χ0v) is 15.3. The van der Waals surface area contributed by atoms with Crippen LogP contribution < -0.4 is 4.74 Å². The van der Waals surface area contributed by atoms with Crippen molar-refractivity contribution in [3.8, 4) is 5.75 Å². The lowest BCUT2D eigenvalue weighted by molar-refractivity contribution is -0.140. The van der Waals surface area contributed by atoms with E-state index in [9.17, 15) is 9.90 Å². The molecule has 6 heteroatoms. The Bertz CT molecular complexity index is 880. The van der Waals surface area contributed by atoms with Crippen LogP contribution in [-0.2, 0) is 10.2 Å². The molecule has 2 aromatic rings. The van der Waals surface area contributed by atoms with E-state index in [1.807, 2.05) is 17.0 Å². The van der Waals surface area contributed by atoms with E-state index in [1.54, 1.807) is 7.11 Å². The number of H-pyrrole nitrogens is 1. The molecule has 3 aliphatic rings. The van der Waals surface area contributed by atoms with Gasteiger partial charge in [-0.2, -0.15) is 0 Å². The second kappa shape index (κ2) is 5.47. The van der Waals surface area contributed by atoms with E-state index < -0.39 is 0 Å². The van der Waals surface area contributed by atoms with Gasteiger partial charge in [0.2, 0.25) is 5.91 Å². The highest BCUT2D eigenvalue weighted by Crippen LogP contribution is 2.49. The smallest absolute Gasteiger partial charge is 0.226 e. The Morgan fingerprint density at radius 1 is 1.35 bits per heavy atom. The van der Waals surface area contributed by atoms with Crippen LogP contribution in [0.5, 0.6) is 5.75 Å².